The maximum Gasteiger partial charge on any atom is 0.223 e. The third-order valence-electron chi connectivity index (χ3n) is 3.78. The van der Waals surface area contributed by atoms with Crippen molar-refractivity contribution in [3.05, 3.63) is 11.6 Å². The van der Waals surface area contributed by atoms with Gasteiger partial charge in [0, 0.05) is 25.6 Å². The lowest BCUT2D eigenvalue weighted by molar-refractivity contribution is 0.109. The fourth-order valence-electron chi connectivity index (χ4n) is 2.39. The zero-order valence-corrected chi connectivity index (χ0v) is 11.0. The molecule has 98 valence electrons. The van der Waals surface area contributed by atoms with Crippen molar-refractivity contribution in [1.82, 2.24) is 24.8 Å². The zero-order chi connectivity index (χ0) is 12.7. The van der Waals surface area contributed by atoms with Crippen molar-refractivity contribution in [2.45, 2.75) is 24.8 Å². The monoisotopic (exact) mass is 248 g/mol. The third-order valence-corrected chi connectivity index (χ3v) is 3.78. The lowest BCUT2D eigenvalue weighted by atomic mass is 10.1. The number of likely N-dealkylation sites (N-methyl/N-ethyl adjacent to an activating group) is 2. The van der Waals surface area contributed by atoms with E-state index in [0.29, 0.717) is 11.9 Å². The van der Waals surface area contributed by atoms with Crippen LogP contribution in [0.1, 0.15) is 36.5 Å². The SMILES string of the molecule is CN1CCN(C)C(c2nc(N)nc(C3CC3)n2)C1. The first-order chi connectivity index (χ1) is 8.63. The van der Waals surface area contributed by atoms with Gasteiger partial charge in [-0.2, -0.15) is 9.97 Å². The molecule has 1 atom stereocenters. The Morgan fingerprint density at radius 1 is 1.06 bits per heavy atom. The van der Waals surface area contributed by atoms with Crippen molar-refractivity contribution < 1.29 is 0 Å². The van der Waals surface area contributed by atoms with E-state index in [-0.39, 0.29) is 6.04 Å². The Morgan fingerprint density at radius 3 is 2.50 bits per heavy atom. The Morgan fingerprint density at radius 2 is 1.78 bits per heavy atom. The maximum absolute atomic E-state index is 5.82. The lowest BCUT2D eigenvalue weighted by Crippen LogP contribution is -2.45. The molecule has 2 N–H and O–H groups in total. The summed E-state index contributed by atoms with van der Waals surface area (Å²) in [7, 11) is 4.25. The molecule has 2 aliphatic rings. The van der Waals surface area contributed by atoms with Crippen LogP contribution < -0.4 is 5.73 Å². The molecule has 1 saturated heterocycles. The van der Waals surface area contributed by atoms with Crippen LogP contribution in [-0.2, 0) is 0 Å². The fraction of sp³-hybridized carbons (Fsp3) is 0.750. The van der Waals surface area contributed by atoms with E-state index in [1.807, 2.05) is 0 Å². The van der Waals surface area contributed by atoms with Crippen LogP contribution in [0.2, 0.25) is 0 Å². The lowest BCUT2D eigenvalue weighted by Gasteiger charge is -2.36. The highest BCUT2D eigenvalue weighted by atomic mass is 15.3. The highest BCUT2D eigenvalue weighted by Crippen LogP contribution is 2.38. The molecule has 3 rings (SSSR count). The summed E-state index contributed by atoms with van der Waals surface area (Å²) in [6, 6.07) is 0.228. The van der Waals surface area contributed by atoms with E-state index in [9.17, 15) is 0 Å². The minimum absolute atomic E-state index is 0.228. The number of rotatable bonds is 2. The van der Waals surface area contributed by atoms with E-state index in [1.165, 1.54) is 12.8 Å². The van der Waals surface area contributed by atoms with Gasteiger partial charge in [-0.1, -0.05) is 0 Å². The largest absolute Gasteiger partial charge is 0.368 e. The van der Waals surface area contributed by atoms with E-state index in [4.69, 9.17) is 5.73 Å². The normalized spacial score (nSPS) is 26.4. The number of nitrogens with two attached hydrogens (primary N) is 1. The van der Waals surface area contributed by atoms with Crippen molar-refractivity contribution in [2.24, 2.45) is 0 Å². The first-order valence-electron chi connectivity index (χ1n) is 6.53. The second-order valence-corrected chi connectivity index (χ2v) is 5.44. The number of nitrogens with zero attached hydrogens (tertiary/aromatic N) is 5. The molecule has 1 aromatic rings. The fourth-order valence-corrected chi connectivity index (χ4v) is 2.39. The quantitative estimate of drug-likeness (QED) is 0.809. The van der Waals surface area contributed by atoms with Gasteiger partial charge >= 0.3 is 0 Å². The van der Waals surface area contributed by atoms with E-state index in [2.05, 4.69) is 38.8 Å². The summed E-state index contributed by atoms with van der Waals surface area (Å²) >= 11 is 0. The average molecular weight is 248 g/mol. The molecule has 1 saturated carbocycles. The molecule has 18 heavy (non-hydrogen) atoms. The maximum atomic E-state index is 5.82. The van der Waals surface area contributed by atoms with Gasteiger partial charge in [-0.15, -0.1) is 0 Å². The van der Waals surface area contributed by atoms with Crippen LogP contribution in [0.3, 0.4) is 0 Å². The Kier molecular flexibility index (Phi) is 2.91. The Balaban J connectivity index is 1.89. The molecule has 1 aromatic heterocycles. The van der Waals surface area contributed by atoms with Gasteiger partial charge in [0.2, 0.25) is 5.95 Å². The van der Waals surface area contributed by atoms with Crippen molar-refractivity contribution in [3.8, 4) is 0 Å². The highest BCUT2D eigenvalue weighted by molar-refractivity contribution is 5.21. The van der Waals surface area contributed by atoms with Crippen LogP contribution in [-0.4, -0.2) is 58.5 Å². The molecule has 0 bridgehead atoms. The van der Waals surface area contributed by atoms with Crippen LogP contribution in [0.5, 0.6) is 0 Å². The summed E-state index contributed by atoms with van der Waals surface area (Å²) in [5.41, 5.74) is 5.82. The summed E-state index contributed by atoms with van der Waals surface area (Å²) < 4.78 is 0. The van der Waals surface area contributed by atoms with Gasteiger partial charge in [0.05, 0.1) is 6.04 Å². The van der Waals surface area contributed by atoms with Gasteiger partial charge in [-0.3, -0.25) is 4.90 Å². The molecule has 1 unspecified atom stereocenters. The molecular weight excluding hydrogens is 228 g/mol. The van der Waals surface area contributed by atoms with Gasteiger partial charge in [-0.05, 0) is 26.9 Å². The summed E-state index contributed by atoms with van der Waals surface area (Å²) in [6.45, 7) is 3.07. The first kappa shape index (κ1) is 11.8. The Bertz CT molecular complexity index is 444. The molecule has 1 aliphatic carbocycles. The highest BCUT2D eigenvalue weighted by Gasteiger charge is 2.31. The molecule has 0 aromatic carbocycles. The average Bonchev–Trinajstić information content (AvgIpc) is 3.15. The van der Waals surface area contributed by atoms with Crippen LogP contribution >= 0.6 is 0 Å². The number of nitrogen functional groups attached to an aromatic ring is 1. The van der Waals surface area contributed by atoms with Crippen molar-refractivity contribution in [2.75, 3.05) is 39.5 Å². The van der Waals surface area contributed by atoms with Gasteiger partial charge in [-0.25, -0.2) is 4.98 Å². The number of aromatic nitrogens is 3. The molecular formula is C12H20N6. The van der Waals surface area contributed by atoms with E-state index in [0.717, 1.165) is 31.3 Å². The van der Waals surface area contributed by atoms with E-state index >= 15 is 0 Å². The van der Waals surface area contributed by atoms with Crippen LogP contribution in [0.25, 0.3) is 0 Å². The van der Waals surface area contributed by atoms with Crippen molar-refractivity contribution in [3.63, 3.8) is 0 Å². The summed E-state index contributed by atoms with van der Waals surface area (Å²) in [5.74, 6) is 2.60. The van der Waals surface area contributed by atoms with Gasteiger partial charge in [0.15, 0.2) is 5.82 Å². The second-order valence-electron chi connectivity index (χ2n) is 5.44. The van der Waals surface area contributed by atoms with Crippen LogP contribution in [0.15, 0.2) is 0 Å². The predicted octanol–water partition coefficient (Wildman–Crippen LogP) is 0.250. The van der Waals surface area contributed by atoms with E-state index < -0.39 is 0 Å². The number of anilines is 1. The smallest absolute Gasteiger partial charge is 0.223 e. The number of hydrogen-bond donors (Lipinski definition) is 1. The standard InChI is InChI=1S/C12H20N6/c1-17-5-6-18(2)9(7-17)11-14-10(8-3-4-8)15-12(13)16-11/h8-9H,3-7H2,1-2H3,(H2,13,14,15,16). The summed E-state index contributed by atoms with van der Waals surface area (Å²) in [5, 5.41) is 0. The molecule has 6 heteroatoms. The molecule has 0 spiro atoms. The van der Waals surface area contributed by atoms with Crippen LogP contribution in [0, 0.1) is 0 Å². The van der Waals surface area contributed by atoms with Crippen LogP contribution in [0.4, 0.5) is 5.95 Å². The zero-order valence-electron chi connectivity index (χ0n) is 11.0. The first-order valence-corrected chi connectivity index (χ1v) is 6.53. The van der Waals surface area contributed by atoms with Gasteiger partial charge in [0.25, 0.3) is 0 Å². The molecule has 2 fully saturated rings. The van der Waals surface area contributed by atoms with Gasteiger partial charge < -0.3 is 10.6 Å². The predicted molar refractivity (Wildman–Crippen MR) is 69.1 cm³/mol. The number of piperazine rings is 1. The molecule has 0 amide bonds. The summed E-state index contributed by atoms with van der Waals surface area (Å²) in [6.07, 6.45) is 2.37. The third kappa shape index (κ3) is 2.30. The van der Waals surface area contributed by atoms with Crippen molar-refractivity contribution in [1.29, 1.82) is 0 Å². The van der Waals surface area contributed by atoms with Crippen molar-refractivity contribution >= 4 is 5.95 Å². The minimum Gasteiger partial charge on any atom is -0.368 e. The Hall–Kier alpha value is -1.27. The molecule has 1 aliphatic heterocycles. The second kappa shape index (κ2) is 4.44. The molecule has 2 heterocycles. The van der Waals surface area contributed by atoms with E-state index in [1.54, 1.807) is 0 Å². The molecule has 0 radical (unpaired) electrons. The Labute approximate surface area is 107 Å². The summed E-state index contributed by atoms with van der Waals surface area (Å²) in [4.78, 5) is 17.8. The minimum atomic E-state index is 0.228. The van der Waals surface area contributed by atoms with Gasteiger partial charge in [0.1, 0.15) is 5.82 Å². The molecule has 6 nitrogen and oxygen atoms in total. The number of hydrogen-bond acceptors (Lipinski definition) is 6. The topological polar surface area (TPSA) is 71.2 Å².